The van der Waals surface area contributed by atoms with Crippen molar-refractivity contribution >= 4 is 29.3 Å². The van der Waals surface area contributed by atoms with Gasteiger partial charge >= 0.3 is 12.0 Å². The van der Waals surface area contributed by atoms with E-state index < -0.39 is 5.97 Å². The highest BCUT2D eigenvalue weighted by Gasteiger charge is 2.19. The maximum absolute atomic E-state index is 13.2. The first-order valence-electron chi connectivity index (χ1n) is 11.8. The van der Waals surface area contributed by atoms with Gasteiger partial charge in [-0.3, -0.25) is 9.59 Å². The molecule has 184 valence electrons. The molecule has 0 radical (unpaired) electrons. The Balaban J connectivity index is 2.10. The molecule has 5 N–H and O–H groups in total. The molecule has 0 saturated carbocycles. The van der Waals surface area contributed by atoms with Gasteiger partial charge in [-0.1, -0.05) is 51.3 Å². The fourth-order valence-corrected chi connectivity index (χ4v) is 3.63. The van der Waals surface area contributed by atoms with Crippen LogP contribution in [0.25, 0.3) is 0 Å². The van der Waals surface area contributed by atoms with Gasteiger partial charge in [-0.05, 0) is 48.2 Å². The summed E-state index contributed by atoms with van der Waals surface area (Å²) in [7, 11) is 0. The first-order valence-corrected chi connectivity index (χ1v) is 11.8. The minimum atomic E-state index is -0.962. The number of nitrogen functional groups attached to an aromatic ring is 1. The molecule has 8 nitrogen and oxygen atoms in total. The SMILES string of the molecule is CCCCC(CC)CN(Cc1ccc(C(=O)NCCC(=O)O)cc1)C(=O)Nc1cccc(N)c1. The van der Waals surface area contributed by atoms with Crippen molar-refractivity contribution in [1.82, 2.24) is 10.2 Å². The number of aliphatic carboxylic acids is 1. The van der Waals surface area contributed by atoms with Crippen molar-refractivity contribution in [2.75, 3.05) is 24.1 Å². The molecule has 0 bridgehead atoms. The molecule has 2 aromatic carbocycles. The average molecular weight is 469 g/mol. The third kappa shape index (κ3) is 9.13. The van der Waals surface area contributed by atoms with Crippen LogP contribution in [0, 0.1) is 5.92 Å². The van der Waals surface area contributed by atoms with Crippen molar-refractivity contribution in [2.45, 2.75) is 52.5 Å². The summed E-state index contributed by atoms with van der Waals surface area (Å²) in [5.41, 5.74) is 8.41. The molecule has 34 heavy (non-hydrogen) atoms. The number of rotatable bonds is 13. The second-order valence-corrected chi connectivity index (χ2v) is 8.45. The van der Waals surface area contributed by atoms with Crippen molar-refractivity contribution in [2.24, 2.45) is 5.92 Å². The van der Waals surface area contributed by atoms with Gasteiger partial charge in [0.1, 0.15) is 0 Å². The average Bonchev–Trinajstić information content (AvgIpc) is 2.81. The highest BCUT2D eigenvalue weighted by Crippen LogP contribution is 2.19. The largest absolute Gasteiger partial charge is 0.481 e. The molecule has 0 aromatic heterocycles. The molecule has 0 fully saturated rings. The van der Waals surface area contributed by atoms with Gasteiger partial charge in [0.05, 0.1) is 6.42 Å². The van der Waals surface area contributed by atoms with E-state index in [2.05, 4.69) is 24.5 Å². The Morgan fingerprint density at radius 2 is 1.82 bits per heavy atom. The molecular formula is C26H36N4O4. The van der Waals surface area contributed by atoms with Crippen molar-refractivity contribution in [3.8, 4) is 0 Å². The zero-order valence-corrected chi connectivity index (χ0v) is 20.0. The van der Waals surface area contributed by atoms with E-state index in [1.165, 1.54) is 0 Å². The minimum Gasteiger partial charge on any atom is -0.481 e. The summed E-state index contributed by atoms with van der Waals surface area (Å²) < 4.78 is 0. The first kappa shape index (κ1) is 26.7. The zero-order chi connectivity index (χ0) is 24.9. The summed E-state index contributed by atoms with van der Waals surface area (Å²) >= 11 is 0. The van der Waals surface area contributed by atoms with Gasteiger partial charge in [-0.15, -0.1) is 0 Å². The number of benzene rings is 2. The lowest BCUT2D eigenvalue weighted by Crippen LogP contribution is -2.38. The summed E-state index contributed by atoms with van der Waals surface area (Å²) in [4.78, 5) is 37.8. The standard InChI is InChI=1S/C26H36N4O4/c1-3-5-7-19(4-2)17-30(26(34)29-23-9-6-8-22(27)16-23)18-20-10-12-21(13-11-20)25(33)28-15-14-24(31)32/h6,8-13,16,19H,3-5,7,14-15,17-18,27H2,1-2H3,(H,28,33)(H,29,34)(H,31,32). The number of amides is 3. The third-order valence-electron chi connectivity index (χ3n) is 5.66. The number of hydrogen-bond donors (Lipinski definition) is 4. The molecule has 0 heterocycles. The Bertz CT molecular complexity index is 946. The highest BCUT2D eigenvalue weighted by molar-refractivity contribution is 5.94. The molecule has 1 unspecified atom stereocenters. The highest BCUT2D eigenvalue weighted by atomic mass is 16.4. The van der Waals surface area contributed by atoms with Crippen LogP contribution >= 0.6 is 0 Å². The molecule has 3 amide bonds. The molecule has 0 aliphatic rings. The molecule has 0 aliphatic heterocycles. The van der Waals surface area contributed by atoms with Gasteiger partial charge in [0.15, 0.2) is 0 Å². The summed E-state index contributed by atoms with van der Waals surface area (Å²) in [6.07, 6.45) is 4.15. The number of nitrogens with zero attached hydrogens (tertiary/aromatic N) is 1. The number of carboxylic acids is 1. The van der Waals surface area contributed by atoms with E-state index in [1.807, 2.05) is 12.1 Å². The van der Waals surface area contributed by atoms with E-state index in [4.69, 9.17) is 10.8 Å². The Morgan fingerprint density at radius 1 is 1.09 bits per heavy atom. The van der Waals surface area contributed by atoms with E-state index >= 15 is 0 Å². The number of carboxylic acid groups (broad SMARTS) is 1. The Hall–Kier alpha value is -3.55. The van der Waals surface area contributed by atoms with Gasteiger partial charge in [0, 0.05) is 36.6 Å². The number of nitrogens with one attached hydrogen (secondary N) is 2. The number of nitrogens with two attached hydrogens (primary N) is 1. The van der Waals surface area contributed by atoms with Gasteiger partial charge in [-0.2, -0.15) is 0 Å². The summed E-state index contributed by atoms with van der Waals surface area (Å²) in [6, 6.07) is 13.9. The van der Waals surface area contributed by atoms with E-state index in [0.29, 0.717) is 35.9 Å². The lowest BCUT2D eigenvalue weighted by molar-refractivity contribution is -0.136. The fraction of sp³-hybridized carbons (Fsp3) is 0.423. The van der Waals surface area contributed by atoms with E-state index in [1.54, 1.807) is 41.3 Å². The van der Waals surface area contributed by atoms with Gasteiger partial charge in [0.2, 0.25) is 0 Å². The first-order chi connectivity index (χ1) is 16.3. The molecular weight excluding hydrogens is 432 g/mol. The maximum atomic E-state index is 13.2. The Labute approximate surface area is 201 Å². The number of carbonyl (C=O) groups excluding carboxylic acids is 2. The summed E-state index contributed by atoms with van der Waals surface area (Å²) in [5.74, 6) is -0.892. The number of urea groups is 1. The van der Waals surface area contributed by atoms with Crippen LogP contribution in [0.2, 0.25) is 0 Å². The second-order valence-electron chi connectivity index (χ2n) is 8.45. The van der Waals surface area contributed by atoms with E-state index in [0.717, 1.165) is 31.2 Å². The molecule has 0 spiro atoms. The molecule has 2 rings (SSSR count). The molecule has 0 aliphatic carbocycles. The molecule has 1 atom stereocenters. The number of hydrogen-bond acceptors (Lipinski definition) is 4. The zero-order valence-electron chi connectivity index (χ0n) is 20.0. The summed E-state index contributed by atoms with van der Waals surface area (Å²) in [5, 5.41) is 14.2. The van der Waals surface area contributed by atoms with Crippen molar-refractivity contribution in [3.63, 3.8) is 0 Å². The summed E-state index contributed by atoms with van der Waals surface area (Å²) in [6.45, 7) is 5.41. The van der Waals surface area contributed by atoms with Crippen molar-refractivity contribution in [3.05, 3.63) is 59.7 Å². The third-order valence-corrected chi connectivity index (χ3v) is 5.66. The number of anilines is 2. The van der Waals surface area contributed by atoms with Crippen LogP contribution in [0.4, 0.5) is 16.2 Å². The molecule has 0 saturated heterocycles. The topological polar surface area (TPSA) is 125 Å². The Morgan fingerprint density at radius 3 is 2.44 bits per heavy atom. The van der Waals surface area contributed by atoms with Gasteiger partial charge < -0.3 is 26.4 Å². The van der Waals surface area contributed by atoms with Crippen LogP contribution in [0.3, 0.4) is 0 Å². The molecule has 2 aromatic rings. The van der Waals surface area contributed by atoms with Crippen molar-refractivity contribution in [1.29, 1.82) is 0 Å². The lowest BCUT2D eigenvalue weighted by atomic mass is 9.98. The number of unbranched alkanes of at least 4 members (excludes halogenated alkanes) is 1. The van der Waals surface area contributed by atoms with E-state index in [9.17, 15) is 14.4 Å². The maximum Gasteiger partial charge on any atom is 0.322 e. The Kier molecular flexibility index (Phi) is 10.9. The van der Waals surface area contributed by atoms with Crippen LogP contribution in [-0.4, -0.2) is 41.0 Å². The monoisotopic (exact) mass is 468 g/mol. The minimum absolute atomic E-state index is 0.0734. The predicted molar refractivity (Wildman–Crippen MR) is 135 cm³/mol. The lowest BCUT2D eigenvalue weighted by Gasteiger charge is -2.28. The van der Waals surface area contributed by atoms with Crippen LogP contribution in [0.1, 0.15) is 61.9 Å². The van der Waals surface area contributed by atoms with Gasteiger partial charge in [-0.25, -0.2) is 4.79 Å². The van der Waals surface area contributed by atoms with Crippen LogP contribution in [-0.2, 0) is 11.3 Å². The molecule has 8 heteroatoms. The fourth-order valence-electron chi connectivity index (χ4n) is 3.63. The smallest absolute Gasteiger partial charge is 0.322 e. The van der Waals surface area contributed by atoms with Crippen molar-refractivity contribution < 1.29 is 19.5 Å². The predicted octanol–water partition coefficient (Wildman–Crippen LogP) is 4.72. The van der Waals surface area contributed by atoms with Crippen LogP contribution in [0.15, 0.2) is 48.5 Å². The second kappa shape index (κ2) is 13.9. The quantitative estimate of drug-likeness (QED) is 0.317. The van der Waals surface area contributed by atoms with Crippen LogP contribution in [0.5, 0.6) is 0 Å². The number of carbonyl (C=O) groups is 3. The van der Waals surface area contributed by atoms with Gasteiger partial charge in [0.25, 0.3) is 5.91 Å². The van der Waals surface area contributed by atoms with Crippen LogP contribution < -0.4 is 16.4 Å². The van der Waals surface area contributed by atoms with E-state index in [-0.39, 0.29) is 24.9 Å². The normalized spacial score (nSPS) is 11.5.